The summed E-state index contributed by atoms with van der Waals surface area (Å²) in [4.78, 5) is 38.0. The third kappa shape index (κ3) is 49.7. The number of ether oxygens (including phenoxy) is 3. The fourth-order valence-corrected chi connectivity index (χ4v) is 7.19. The first kappa shape index (κ1) is 59.9. The van der Waals surface area contributed by atoms with Crippen LogP contribution < -0.4 is 0 Å². The van der Waals surface area contributed by atoms with Crippen LogP contribution in [0.15, 0.2) is 72.9 Å². The highest BCUT2D eigenvalue weighted by Gasteiger charge is 2.19. The van der Waals surface area contributed by atoms with Gasteiger partial charge >= 0.3 is 17.9 Å². The molecule has 0 bridgehead atoms. The van der Waals surface area contributed by atoms with E-state index in [2.05, 4.69) is 93.7 Å². The van der Waals surface area contributed by atoms with Gasteiger partial charge in [-0.2, -0.15) is 0 Å². The molecule has 63 heavy (non-hydrogen) atoms. The van der Waals surface area contributed by atoms with E-state index in [1.54, 1.807) is 0 Å². The maximum Gasteiger partial charge on any atom is 0.306 e. The highest BCUT2D eigenvalue weighted by molar-refractivity contribution is 5.71. The minimum atomic E-state index is -0.797. The molecule has 0 heterocycles. The van der Waals surface area contributed by atoms with Crippen molar-refractivity contribution >= 4 is 17.9 Å². The summed E-state index contributed by atoms with van der Waals surface area (Å²) >= 11 is 0. The lowest BCUT2D eigenvalue weighted by Gasteiger charge is -2.18. The smallest absolute Gasteiger partial charge is 0.306 e. The molecule has 0 saturated carbocycles. The van der Waals surface area contributed by atoms with Crippen molar-refractivity contribution in [3.63, 3.8) is 0 Å². The molecule has 0 unspecified atom stereocenters. The van der Waals surface area contributed by atoms with Crippen LogP contribution in [0.2, 0.25) is 0 Å². The van der Waals surface area contributed by atoms with E-state index in [0.29, 0.717) is 19.3 Å². The van der Waals surface area contributed by atoms with Gasteiger partial charge in [0.15, 0.2) is 6.10 Å². The molecule has 362 valence electrons. The summed E-state index contributed by atoms with van der Waals surface area (Å²) in [5, 5.41) is 0. The molecule has 6 nitrogen and oxygen atoms in total. The van der Waals surface area contributed by atoms with Gasteiger partial charge in [0, 0.05) is 19.3 Å². The van der Waals surface area contributed by atoms with Gasteiger partial charge in [-0.05, 0) is 109 Å². The highest BCUT2D eigenvalue weighted by Crippen LogP contribution is 2.14. The minimum Gasteiger partial charge on any atom is -0.462 e. The van der Waals surface area contributed by atoms with Gasteiger partial charge < -0.3 is 14.2 Å². The fraction of sp³-hybridized carbons (Fsp3) is 0.737. The highest BCUT2D eigenvalue weighted by atomic mass is 16.6. The Kier molecular flexibility index (Phi) is 48.9. The summed E-state index contributed by atoms with van der Waals surface area (Å²) in [5.74, 6) is -0.947. The van der Waals surface area contributed by atoms with Gasteiger partial charge in [-0.15, -0.1) is 0 Å². The summed E-state index contributed by atoms with van der Waals surface area (Å²) in [5.41, 5.74) is 0. The molecule has 0 rings (SSSR count). The van der Waals surface area contributed by atoms with Gasteiger partial charge in [0.1, 0.15) is 13.2 Å². The summed E-state index contributed by atoms with van der Waals surface area (Å²) < 4.78 is 16.8. The lowest BCUT2D eigenvalue weighted by molar-refractivity contribution is -0.167. The number of carbonyl (C=O) groups excluding carboxylic acids is 3. The van der Waals surface area contributed by atoms with E-state index in [-0.39, 0.29) is 31.1 Å². The van der Waals surface area contributed by atoms with Crippen LogP contribution in [0.5, 0.6) is 0 Å². The number of esters is 3. The topological polar surface area (TPSA) is 78.9 Å². The van der Waals surface area contributed by atoms with Gasteiger partial charge in [0.2, 0.25) is 0 Å². The van der Waals surface area contributed by atoms with Crippen LogP contribution in [0.1, 0.15) is 252 Å². The summed E-state index contributed by atoms with van der Waals surface area (Å²) in [7, 11) is 0. The Morgan fingerprint density at radius 3 is 1.03 bits per heavy atom. The van der Waals surface area contributed by atoms with Crippen molar-refractivity contribution in [1.82, 2.24) is 0 Å². The minimum absolute atomic E-state index is 0.0940. The maximum absolute atomic E-state index is 12.8. The molecule has 6 heteroatoms. The Balaban J connectivity index is 4.46. The van der Waals surface area contributed by atoms with Crippen molar-refractivity contribution in [2.75, 3.05) is 13.2 Å². The van der Waals surface area contributed by atoms with Gasteiger partial charge in [0.25, 0.3) is 0 Å². The number of allylic oxidation sites excluding steroid dienone is 12. The van der Waals surface area contributed by atoms with E-state index in [1.165, 1.54) is 116 Å². The van der Waals surface area contributed by atoms with Crippen molar-refractivity contribution in [1.29, 1.82) is 0 Å². The van der Waals surface area contributed by atoms with Crippen molar-refractivity contribution in [2.24, 2.45) is 0 Å². The van der Waals surface area contributed by atoms with Crippen LogP contribution in [-0.2, 0) is 28.6 Å². The normalized spacial score (nSPS) is 12.6. The lowest BCUT2D eigenvalue weighted by Crippen LogP contribution is -2.30. The van der Waals surface area contributed by atoms with E-state index in [9.17, 15) is 14.4 Å². The summed E-state index contributed by atoms with van der Waals surface area (Å²) in [6.07, 6.45) is 64.5. The largest absolute Gasteiger partial charge is 0.462 e. The Morgan fingerprint density at radius 1 is 0.333 bits per heavy atom. The van der Waals surface area contributed by atoms with E-state index >= 15 is 0 Å². The van der Waals surface area contributed by atoms with Gasteiger partial charge in [0.05, 0.1) is 0 Å². The molecule has 0 fully saturated rings. The van der Waals surface area contributed by atoms with Crippen molar-refractivity contribution in [3.05, 3.63) is 72.9 Å². The van der Waals surface area contributed by atoms with Crippen molar-refractivity contribution in [3.8, 4) is 0 Å². The van der Waals surface area contributed by atoms with Gasteiger partial charge in [-0.25, -0.2) is 0 Å². The number of rotatable bonds is 47. The molecule has 0 N–H and O–H groups in total. The van der Waals surface area contributed by atoms with Crippen LogP contribution in [0.25, 0.3) is 0 Å². The van der Waals surface area contributed by atoms with Gasteiger partial charge in [-0.1, -0.05) is 196 Å². The molecule has 0 aliphatic carbocycles. The third-order valence-electron chi connectivity index (χ3n) is 11.2. The molecule has 0 saturated heterocycles. The standard InChI is InChI=1S/C57H98O6/c1-4-7-10-13-16-19-22-25-28-31-34-37-40-43-46-49-55(58)61-52-54(63-57(60)51-48-45-42-39-36-33-30-27-24-21-18-15-12-9-6-3)53-62-56(59)50-47-44-41-38-35-32-29-26-23-20-17-14-11-8-5-2/h7,10,16,19-20,23,25,27-28,30,34,37,54H,4-6,8-9,11-15,17-18,21-22,24,26,29,31-33,35-36,38-53H2,1-3H3/b10-7-,19-16-,23-20-,28-25-,30-27-,37-34-/t54-/m1/s1. The predicted molar refractivity (Wildman–Crippen MR) is 270 cm³/mol. The third-order valence-corrected chi connectivity index (χ3v) is 11.2. The first-order chi connectivity index (χ1) is 31.0. The molecule has 0 aromatic rings. The Labute approximate surface area is 389 Å². The molecule has 0 aliphatic rings. The zero-order chi connectivity index (χ0) is 45.8. The van der Waals surface area contributed by atoms with Crippen LogP contribution in [0, 0.1) is 0 Å². The molecule has 0 spiro atoms. The van der Waals surface area contributed by atoms with E-state index < -0.39 is 6.10 Å². The zero-order valence-corrected chi connectivity index (χ0v) is 41.3. The van der Waals surface area contributed by atoms with Crippen molar-refractivity contribution in [2.45, 2.75) is 258 Å². The molecule has 1 atom stereocenters. The maximum atomic E-state index is 12.8. The first-order valence-corrected chi connectivity index (χ1v) is 26.4. The lowest BCUT2D eigenvalue weighted by atomic mass is 10.1. The number of hydrogen-bond donors (Lipinski definition) is 0. The zero-order valence-electron chi connectivity index (χ0n) is 41.3. The molecule has 0 aromatic carbocycles. The SMILES string of the molecule is CC/C=C\C/C=C\C/C=C\C/C=C\CCCCC(=O)OC[C@H](COC(=O)CCCCCCCCC/C=C\CCCCCC)OC(=O)CCCCCCC/C=C\CCCCCCCC. The number of unbranched alkanes of at least 4 members (excludes halogenated alkanes) is 24. The second-order valence-corrected chi connectivity index (χ2v) is 17.4. The molecular formula is C57H98O6. The Morgan fingerprint density at radius 2 is 0.619 bits per heavy atom. The number of carbonyl (C=O) groups is 3. The van der Waals surface area contributed by atoms with Crippen LogP contribution in [0.4, 0.5) is 0 Å². The first-order valence-electron chi connectivity index (χ1n) is 26.4. The Hall–Kier alpha value is -3.15. The predicted octanol–water partition coefficient (Wildman–Crippen LogP) is 17.4. The monoisotopic (exact) mass is 879 g/mol. The van der Waals surface area contributed by atoms with E-state index in [4.69, 9.17) is 14.2 Å². The van der Waals surface area contributed by atoms with Crippen LogP contribution in [-0.4, -0.2) is 37.2 Å². The van der Waals surface area contributed by atoms with E-state index in [0.717, 1.165) is 96.3 Å². The summed E-state index contributed by atoms with van der Waals surface area (Å²) in [6.45, 7) is 6.46. The van der Waals surface area contributed by atoms with E-state index in [1.807, 2.05) is 0 Å². The average molecular weight is 879 g/mol. The second kappa shape index (κ2) is 51.5. The molecular weight excluding hydrogens is 781 g/mol. The average Bonchev–Trinajstić information content (AvgIpc) is 3.28. The Bertz CT molecular complexity index is 1190. The summed E-state index contributed by atoms with van der Waals surface area (Å²) in [6, 6.07) is 0. The second-order valence-electron chi connectivity index (χ2n) is 17.4. The van der Waals surface area contributed by atoms with Crippen LogP contribution in [0.3, 0.4) is 0 Å². The quantitative estimate of drug-likeness (QED) is 0.0262. The van der Waals surface area contributed by atoms with Crippen molar-refractivity contribution < 1.29 is 28.6 Å². The molecule has 0 radical (unpaired) electrons. The number of hydrogen-bond acceptors (Lipinski definition) is 6. The fourth-order valence-electron chi connectivity index (χ4n) is 7.19. The molecule has 0 amide bonds. The van der Waals surface area contributed by atoms with Gasteiger partial charge in [-0.3, -0.25) is 14.4 Å². The molecule has 0 aromatic heterocycles. The molecule has 0 aliphatic heterocycles. The van der Waals surface area contributed by atoms with Crippen LogP contribution >= 0.6 is 0 Å².